The molecule has 0 spiro atoms. The average Bonchev–Trinajstić information content (AvgIpc) is 3.42. The Bertz CT molecular complexity index is 1510. The maximum Gasteiger partial charge on any atom is 0.220 e. The molecule has 1 aliphatic heterocycles. The lowest BCUT2D eigenvalue weighted by atomic mass is 9.99. The molecule has 7 unspecified atom stereocenters. The Labute approximate surface area is 466 Å². The highest BCUT2D eigenvalue weighted by Crippen LogP contribution is 2.23. The highest BCUT2D eigenvalue weighted by molar-refractivity contribution is 5.76. The lowest BCUT2D eigenvalue weighted by molar-refractivity contribution is -0.302. The predicted octanol–water partition coefficient (Wildman–Crippen LogP) is 16.4. The molecule has 438 valence electrons. The van der Waals surface area contributed by atoms with Crippen LogP contribution in [0.15, 0.2) is 97.2 Å². The van der Waals surface area contributed by atoms with Gasteiger partial charge in [0, 0.05) is 6.42 Å². The number of amides is 1. The molecular weight excluding hydrogens is 947 g/mol. The Kier molecular flexibility index (Phi) is 51.9. The summed E-state index contributed by atoms with van der Waals surface area (Å²) in [5.41, 5.74) is 0. The van der Waals surface area contributed by atoms with Gasteiger partial charge in [-0.3, -0.25) is 4.79 Å². The average molecular weight is 1060 g/mol. The Morgan fingerprint density at radius 2 is 0.829 bits per heavy atom. The molecule has 0 bridgehead atoms. The van der Waals surface area contributed by atoms with E-state index in [1.54, 1.807) is 6.08 Å². The maximum atomic E-state index is 13.1. The molecule has 0 aromatic heterocycles. The summed E-state index contributed by atoms with van der Waals surface area (Å²) in [7, 11) is 0. The van der Waals surface area contributed by atoms with E-state index in [1.165, 1.54) is 154 Å². The monoisotopic (exact) mass is 1060 g/mol. The van der Waals surface area contributed by atoms with Gasteiger partial charge in [-0.25, -0.2) is 0 Å². The normalized spacial score (nSPS) is 19.5. The molecule has 0 aliphatic carbocycles. The maximum absolute atomic E-state index is 13.1. The second kappa shape index (κ2) is 55.4. The predicted molar refractivity (Wildman–Crippen MR) is 322 cm³/mol. The van der Waals surface area contributed by atoms with Crippen LogP contribution in [0.25, 0.3) is 0 Å². The molecule has 1 heterocycles. The van der Waals surface area contributed by atoms with Gasteiger partial charge >= 0.3 is 0 Å². The molecule has 0 radical (unpaired) electrons. The van der Waals surface area contributed by atoms with Crippen molar-refractivity contribution in [2.75, 3.05) is 13.2 Å². The number of aliphatic hydroxyl groups is 5. The summed E-state index contributed by atoms with van der Waals surface area (Å²) in [4.78, 5) is 13.1. The topological polar surface area (TPSA) is 149 Å². The highest BCUT2D eigenvalue weighted by Gasteiger charge is 2.44. The van der Waals surface area contributed by atoms with E-state index < -0.39 is 49.5 Å². The van der Waals surface area contributed by atoms with E-state index >= 15 is 0 Å². The first-order valence-corrected chi connectivity index (χ1v) is 31.5. The van der Waals surface area contributed by atoms with Crippen molar-refractivity contribution in [3.05, 3.63) is 97.2 Å². The van der Waals surface area contributed by atoms with Crippen LogP contribution in [0.4, 0.5) is 0 Å². The van der Waals surface area contributed by atoms with E-state index in [0.717, 1.165) is 89.9 Å². The van der Waals surface area contributed by atoms with Crippen LogP contribution in [0.2, 0.25) is 0 Å². The number of hydrogen-bond acceptors (Lipinski definition) is 8. The fourth-order valence-electron chi connectivity index (χ4n) is 9.47. The van der Waals surface area contributed by atoms with E-state index in [9.17, 15) is 30.3 Å². The summed E-state index contributed by atoms with van der Waals surface area (Å²) >= 11 is 0. The van der Waals surface area contributed by atoms with Crippen molar-refractivity contribution in [2.24, 2.45) is 0 Å². The van der Waals surface area contributed by atoms with Gasteiger partial charge in [-0.15, -0.1) is 0 Å². The summed E-state index contributed by atoms with van der Waals surface area (Å²) in [5.74, 6) is -0.193. The van der Waals surface area contributed by atoms with Crippen molar-refractivity contribution in [2.45, 2.75) is 307 Å². The Hall–Kier alpha value is -2.89. The van der Waals surface area contributed by atoms with Crippen LogP contribution in [-0.4, -0.2) is 87.5 Å². The van der Waals surface area contributed by atoms with E-state index in [-0.39, 0.29) is 12.5 Å². The Balaban J connectivity index is 2.22. The van der Waals surface area contributed by atoms with Gasteiger partial charge < -0.3 is 40.3 Å². The molecule has 1 saturated heterocycles. The van der Waals surface area contributed by atoms with Gasteiger partial charge in [0.05, 0.1) is 25.4 Å². The minimum atomic E-state index is -1.58. The van der Waals surface area contributed by atoms with Crippen molar-refractivity contribution >= 4 is 5.91 Å². The molecular formula is C67H117NO8. The number of unbranched alkanes of at least 4 members (excludes halogenated alkanes) is 29. The molecule has 1 rings (SSSR count). The van der Waals surface area contributed by atoms with Crippen molar-refractivity contribution in [3.63, 3.8) is 0 Å². The zero-order valence-corrected chi connectivity index (χ0v) is 48.7. The molecule has 1 amide bonds. The van der Waals surface area contributed by atoms with Crippen LogP contribution in [0.5, 0.6) is 0 Å². The molecule has 0 aromatic rings. The number of aliphatic hydroxyl groups excluding tert-OH is 5. The standard InChI is InChI=1S/C67H117NO8/c1-3-5-7-9-11-13-15-17-19-21-23-25-27-29-30-31-32-33-35-37-39-41-43-45-47-49-51-53-55-57-63(71)68-60(59-75-67-66(74)65(73)64(72)62(58-69)76-67)61(70)56-54-52-50-48-46-44-42-40-38-36-34-28-26-24-22-20-18-16-14-12-10-8-6-4-2/h5,7,11,13,17,19,23,25,29-30,32-33,46,48,54,56,60-62,64-67,69-70,72-74H,3-4,6,8-10,12,14-16,18,20-22,24,26-28,31,34-45,47,49-53,55,57-59H2,1-2H3,(H,68,71)/b7-5-,13-11-,19-17-,25-23-,30-29-,33-32-,48-46+,56-54+. The first kappa shape index (κ1) is 71.1. The number of hydrogen-bond donors (Lipinski definition) is 6. The van der Waals surface area contributed by atoms with Crippen molar-refractivity contribution < 1.29 is 39.8 Å². The lowest BCUT2D eigenvalue weighted by Gasteiger charge is -2.40. The second-order valence-electron chi connectivity index (χ2n) is 21.5. The van der Waals surface area contributed by atoms with Gasteiger partial charge in [0.15, 0.2) is 6.29 Å². The zero-order chi connectivity index (χ0) is 55.0. The van der Waals surface area contributed by atoms with E-state index in [4.69, 9.17) is 9.47 Å². The minimum absolute atomic E-state index is 0.193. The summed E-state index contributed by atoms with van der Waals surface area (Å²) in [6, 6.07) is -0.832. The first-order chi connectivity index (χ1) is 37.3. The molecule has 9 heteroatoms. The number of nitrogens with one attached hydrogen (secondary N) is 1. The van der Waals surface area contributed by atoms with Crippen LogP contribution >= 0.6 is 0 Å². The van der Waals surface area contributed by atoms with Crippen LogP contribution in [0.1, 0.15) is 264 Å². The largest absolute Gasteiger partial charge is 0.394 e. The van der Waals surface area contributed by atoms with Crippen molar-refractivity contribution in [1.29, 1.82) is 0 Å². The van der Waals surface area contributed by atoms with Crippen LogP contribution < -0.4 is 5.32 Å². The summed E-state index contributed by atoms with van der Waals surface area (Å²) in [6.07, 6.45) is 73.4. The Morgan fingerprint density at radius 1 is 0.461 bits per heavy atom. The molecule has 6 N–H and O–H groups in total. The van der Waals surface area contributed by atoms with Crippen LogP contribution in [-0.2, 0) is 14.3 Å². The van der Waals surface area contributed by atoms with Crippen molar-refractivity contribution in [1.82, 2.24) is 5.32 Å². The number of ether oxygens (including phenoxy) is 2. The molecule has 1 fully saturated rings. The number of rotatable bonds is 53. The van der Waals surface area contributed by atoms with Crippen LogP contribution in [0, 0.1) is 0 Å². The van der Waals surface area contributed by atoms with Crippen molar-refractivity contribution in [3.8, 4) is 0 Å². The molecule has 0 aromatic carbocycles. The molecule has 9 nitrogen and oxygen atoms in total. The van der Waals surface area contributed by atoms with Gasteiger partial charge in [0.1, 0.15) is 24.4 Å². The van der Waals surface area contributed by atoms with Gasteiger partial charge in [-0.1, -0.05) is 272 Å². The molecule has 76 heavy (non-hydrogen) atoms. The third-order valence-electron chi connectivity index (χ3n) is 14.4. The summed E-state index contributed by atoms with van der Waals surface area (Å²) in [6.45, 7) is 3.66. The van der Waals surface area contributed by atoms with E-state index in [0.29, 0.717) is 6.42 Å². The van der Waals surface area contributed by atoms with E-state index in [2.05, 4.69) is 104 Å². The number of carbonyl (C=O) groups excluding carboxylic acids is 1. The Morgan fingerprint density at radius 3 is 1.26 bits per heavy atom. The fourth-order valence-corrected chi connectivity index (χ4v) is 9.47. The minimum Gasteiger partial charge on any atom is -0.394 e. The van der Waals surface area contributed by atoms with Gasteiger partial charge in [-0.05, 0) is 83.5 Å². The first-order valence-electron chi connectivity index (χ1n) is 31.5. The number of allylic oxidation sites excluding steroid dienone is 15. The third kappa shape index (κ3) is 44.0. The van der Waals surface area contributed by atoms with E-state index in [1.807, 2.05) is 6.08 Å². The molecule has 0 saturated carbocycles. The van der Waals surface area contributed by atoms with Gasteiger partial charge in [0.25, 0.3) is 0 Å². The third-order valence-corrected chi connectivity index (χ3v) is 14.4. The fraction of sp³-hybridized carbons (Fsp3) is 0.746. The SMILES string of the molecule is CC/C=C\C/C=C\C/C=C\C/C=C\C/C=C\C/C=C\CCCCCCCCCCCCC(=O)NC(COC1OC(CO)C(O)C(O)C1O)C(O)/C=C/CC/C=C/CCCCCCCCCCCCCCCCCCCC. The molecule has 7 atom stereocenters. The van der Waals surface area contributed by atoms with Gasteiger partial charge in [-0.2, -0.15) is 0 Å². The van der Waals surface area contributed by atoms with Gasteiger partial charge in [0.2, 0.25) is 5.91 Å². The summed E-state index contributed by atoms with van der Waals surface area (Å²) in [5, 5.41) is 54.6. The zero-order valence-electron chi connectivity index (χ0n) is 48.7. The lowest BCUT2D eigenvalue weighted by Crippen LogP contribution is -2.60. The second-order valence-corrected chi connectivity index (χ2v) is 21.5. The smallest absolute Gasteiger partial charge is 0.220 e. The highest BCUT2D eigenvalue weighted by atomic mass is 16.7. The summed E-state index contributed by atoms with van der Waals surface area (Å²) < 4.78 is 11.3. The quantitative estimate of drug-likeness (QED) is 0.0261. The number of carbonyl (C=O) groups is 1. The molecule has 1 aliphatic rings. The van der Waals surface area contributed by atoms with Crippen LogP contribution in [0.3, 0.4) is 0 Å².